The molecule has 1 heterocycles. The van der Waals surface area contributed by atoms with Gasteiger partial charge in [-0.3, -0.25) is 4.79 Å². The van der Waals surface area contributed by atoms with E-state index < -0.39 is 17.5 Å². The van der Waals surface area contributed by atoms with Gasteiger partial charge in [0.25, 0.3) is 0 Å². The van der Waals surface area contributed by atoms with Gasteiger partial charge < -0.3 is 24.1 Å². The van der Waals surface area contributed by atoms with E-state index in [-0.39, 0.29) is 41.3 Å². The zero-order valence-electron chi connectivity index (χ0n) is 24.2. The Kier molecular flexibility index (Phi) is 8.36. The fourth-order valence-corrected chi connectivity index (χ4v) is 6.07. The predicted molar refractivity (Wildman–Crippen MR) is 155 cm³/mol. The largest absolute Gasteiger partial charge is 0.495 e. The summed E-state index contributed by atoms with van der Waals surface area (Å²) in [6.07, 6.45) is 4.07. The van der Waals surface area contributed by atoms with Crippen molar-refractivity contribution in [2.75, 3.05) is 7.11 Å². The quantitative estimate of drug-likeness (QED) is 0.239. The number of ether oxygens (including phenoxy) is 4. The van der Waals surface area contributed by atoms with E-state index in [1.54, 1.807) is 18.2 Å². The lowest BCUT2D eigenvalue weighted by atomic mass is 9.69. The average Bonchev–Trinajstić information content (AvgIpc) is 2.96. The number of carbonyl (C=O) groups is 2. The maximum Gasteiger partial charge on any atom is 0.346 e. The van der Waals surface area contributed by atoms with Crippen molar-refractivity contribution in [2.45, 2.75) is 77.4 Å². The zero-order valence-corrected chi connectivity index (χ0v) is 24.2. The molecule has 0 bridgehead atoms. The Balaban J connectivity index is 1.56. The number of benzene rings is 3. The van der Waals surface area contributed by atoms with E-state index in [9.17, 15) is 14.7 Å². The molecule has 0 aromatic heterocycles. The first-order valence-corrected chi connectivity index (χ1v) is 14.4. The molecule has 41 heavy (non-hydrogen) atoms. The van der Waals surface area contributed by atoms with E-state index in [2.05, 4.69) is 0 Å². The maximum atomic E-state index is 14.0. The third kappa shape index (κ3) is 5.68. The number of esters is 2. The highest BCUT2D eigenvalue weighted by Crippen LogP contribution is 2.46. The van der Waals surface area contributed by atoms with Gasteiger partial charge in [0.05, 0.1) is 18.6 Å². The fraction of sp³-hybridized carbons (Fsp3) is 0.412. The van der Waals surface area contributed by atoms with E-state index in [0.29, 0.717) is 36.1 Å². The zero-order chi connectivity index (χ0) is 29.1. The minimum absolute atomic E-state index is 0.0778. The second-order valence-corrected chi connectivity index (χ2v) is 11.5. The minimum Gasteiger partial charge on any atom is -0.495 e. The number of rotatable bonds is 7. The van der Waals surface area contributed by atoms with Crippen LogP contribution in [0.4, 0.5) is 0 Å². The topological polar surface area (TPSA) is 91.3 Å². The monoisotopic (exact) mass is 558 g/mol. The Labute approximate surface area is 241 Å². The van der Waals surface area contributed by atoms with Gasteiger partial charge in [-0.25, -0.2) is 4.79 Å². The Bertz CT molecular complexity index is 1420. The van der Waals surface area contributed by atoms with E-state index in [1.165, 1.54) is 7.11 Å². The fourth-order valence-electron chi connectivity index (χ4n) is 6.07. The number of aliphatic hydroxyl groups is 1. The van der Waals surface area contributed by atoms with Crippen molar-refractivity contribution in [1.82, 2.24) is 0 Å². The second kappa shape index (κ2) is 12.0. The molecule has 0 unspecified atom stereocenters. The maximum absolute atomic E-state index is 14.0. The van der Waals surface area contributed by atoms with Crippen molar-refractivity contribution < 1.29 is 33.6 Å². The van der Waals surface area contributed by atoms with E-state index in [0.717, 1.165) is 30.4 Å². The standard InChI is InChI=1S/C34H38O7/c1-21(2)17-26(35)25-13-14-27-29(31(25)38-4)32(36)39-20-23-18-22(3)19-28(30(23)40-27)41-33(37)34(15-9-6-10-16-34)24-11-7-5-8-12-24/h5,7-8,11-14,18-19,21,26,35H,6,9-10,15-17,20H2,1-4H3/t26-/m0/s1. The lowest BCUT2D eigenvalue weighted by Gasteiger charge is -2.35. The Hall–Kier alpha value is -3.84. The molecule has 0 saturated heterocycles. The molecule has 3 aromatic rings. The summed E-state index contributed by atoms with van der Waals surface area (Å²) < 4.78 is 23.9. The van der Waals surface area contributed by atoms with Crippen molar-refractivity contribution in [3.05, 3.63) is 82.4 Å². The molecule has 5 rings (SSSR count). The molecule has 1 aliphatic carbocycles. The van der Waals surface area contributed by atoms with Crippen molar-refractivity contribution in [3.63, 3.8) is 0 Å². The summed E-state index contributed by atoms with van der Waals surface area (Å²) in [6, 6.07) is 16.8. The van der Waals surface area contributed by atoms with Crippen LogP contribution in [-0.2, 0) is 21.6 Å². The third-order valence-corrected chi connectivity index (χ3v) is 8.09. The lowest BCUT2D eigenvalue weighted by Crippen LogP contribution is -2.41. The summed E-state index contributed by atoms with van der Waals surface area (Å²) in [6.45, 7) is 5.84. The highest BCUT2D eigenvalue weighted by atomic mass is 16.6. The lowest BCUT2D eigenvalue weighted by molar-refractivity contribution is -0.142. The number of hydrogen-bond acceptors (Lipinski definition) is 7. The molecule has 2 aliphatic rings. The van der Waals surface area contributed by atoms with Crippen LogP contribution in [0.1, 0.15) is 91.1 Å². The molecule has 1 fully saturated rings. The molecule has 0 spiro atoms. The highest BCUT2D eigenvalue weighted by molar-refractivity contribution is 5.97. The molecule has 1 aliphatic heterocycles. The first-order valence-electron chi connectivity index (χ1n) is 14.4. The Morgan fingerprint density at radius 3 is 2.46 bits per heavy atom. The molecule has 1 atom stereocenters. The SMILES string of the molecule is COc1c([C@@H](O)CC(C)C)ccc2c1C(=O)OCc1cc(C)cc(OC(=O)C3(c4ccccc4)CCCCC3)c1O2. The van der Waals surface area contributed by atoms with Gasteiger partial charge in [0.2, 0.25) is 0 Å². The van der Waals surface area contributed by atoms with E-state index in [1.807, 2.05) is 57.2 Å². The van der Waals surface area contributed by atoms with Gasteiger partial charge in [0, 0.05) is 11.1 Å². The number of fused-ring (bicyclic) bond motifs is 2. The molecule has 0 radical (unpaired) electrons. The predicted octanol–water partition coefficient (Wildman–Crippen LogP) is 7.35. The molecule has 7 heteroatoms. The summed E-state index contributed by atoms with van der Waals surface area (Å²) in [5.41, 5.74) is 2.22. The molecular weight excluding hydrogens is 520 g/mol. The van der Waals surface area contributed by atoms with E-state index >= 15 is 0 Å². The van der Waals surface area contributed by atoms with Crippen LogP contribution in [0.15, 0.2) is 54.6 Å². The van der Waals surface area contributed by atoms with Crippen molar-refractivity contribution in [3.8, 4) is 23.0 Å². The van der Waals surface area contributed by atoms with Crippen LogP contribution in [0.5, 0.6) is 23.0 Å². The van der Waals surface area contributed by atoms with Gasteiger partial charge in [-0.05, 0) is 67.5 Å². The molecular formula is C34H38O7. The number of hydrogen-bond donors (Lipinski definition) is 1. The van der Waals surface area contributed by atoms with Crippen LogP contribution in [0, 0.1) is 12.8 Å². The van der Waals surface area contributed by atoms with Gasteiger partial charge in [-0.2, -0.15) is 0 Å². The second-order valence-electron chi connectivity index (χ2n) is 11.5. The van der Waals surface area contributed by atoms with Gasteiger partial charge in [-0.15, -0.1) is 0 Å². The Morgan fingerprint density at radius 1 is 1.05 bits per heavy atom. The van der Waals surface area contributed by atoms with Crippen LogP contribution in [-0.4, -0.2) is 24.2 Å². The average molecular weight is 559 g/mol. The first kappa shape index (κ1) is 28.7. The number of aryl methyl sites for hydroxylation is 1. The summed E-state index contributed by atoms with van der Waals surface area (Å²) >= 11 is 0. The molecule has 216 valence electrons. The molecule has 1 N–H and O–H groups in total. The molecule has 7 nitrogen and oxygen atoms in total. The number of cyclic esters (lactones) is 1. The molecule has 3 aromatic carbocycles. The van der Waals surface area contributed by atoms with Crippen LogP contribution < -0.4 is 14.2 Å². The van der Waals surface area contributed by atoms with E-state index in [4.69, 9.17) is 18.9 Å². The van der Waals surface area contributed by atoms with Crippen LogP contribution >= 0.6 is 0 Å². The van der Waals surface area contributed by atoms with Crippen LogP contribution in [0.25, 0.3) is 0 Å². The number of methoxy groups -OCH3 is 1. The Morgan fingerprint density at radius 2 is 1.78 bits per heavy atom. The highest BCUT2D eigenvalue weighted by Gasteiger charge is 2.43. The van der Waals surface area contributed by atoms with Crippen LogP contribution in [0.2, 0.25) is 0 Å². The molecule has 0 amide bonds. The third-order valence-electron chi connectivity index (χ3n) is 8.09. The molecule has 1 saturated carbocycles. The first-order chi connectivity index (χ1) is 19.7. The van der Waals surface area contributed by atoms with Crippen molar-refractivity contribution >= 4 is 11.9 Å². The minimum atomic E-state index is -0.829. The summed E-state index contributed by atoms with van der Waals surface area (Å²) in [4.78, 5) is 27.3. The van der Waals surface area contributed by atoms with Gasteiger partial charge in [0.1, 0.15) is 23.7 Å². The number of aliphatic hydroxyl groups excluding tert-OH is 1. The van der Waals surface area contributed by atoms with Gasteiger partial charge >= 0.3 is 11.9 Å². The smallest absolute Gasteiger partial charge is 0.346 e. The van der Waals surface area contributed by atoms with Gasteiger partial charge in [0.15, 0.2) is 11.5 Å². The summed E-state index contributed by atoms with van der Waals surface area (Å²) in [5, 5.41) is 10.9. The van der Waals surface area contributed by atoms with Crippen molar-refractivity contribution in [1.29, 1.82) is 0 Å². The summed E-state index contributed by atoms with van der Waals surface area (Å²) in [5.74, 6) is 0.294. The van der Waals surface area contributed by atoms with Crippen LogP contribution in [0.3, 0.4) is 0 Å². The van der Waals surface area contributed by atoms with Crippen molar-refractivity contribution in [2.24, 2.45) is 5.92 Å². The normalized spacial score (nSPS) is 16.8. The summed E-state index contributed by atoms with van der Waals surface area (Å²) in [7, 11) is 1.45. The number of carbonyl (C=O) groups excluding carboxylic acids is 2. The van der Waals surface area contributed by atoms with Gasteiger partial charge in [-0.1, -0.05) is 63.4 Å².